The van der Waals surface area contributed by atoms with Gasteiger partial charge in [0, 0.05) is 5.56 Å². The predicted octanol–water partition coefficient (Wildman–Crippen LogP) is 3.33. The molecule has 0 saturated carbocycles. The molecule has 3 rings (SSSR count). The second-order valence-electron chi connectivity index (χ2n) is 5.43. The summed E-state index contributed by atoms with van der Waals surface area (Å²) in [6, 6.07) is 18.0. The van der Waals surface area contributed by atoms with Crippen molar-refractivity contribution < 1.29 is 9.90 Å². The standard InChI is InChI=1S/C19H18N4O2/c1-2-16(14-8-10-15(24)11-9-14)20-23-19(25)18-12-17(21-22-18)13-6-4-3-5-7-13/h3-12,24H,2H2,1H3,(H,21,22)(H,23,25). The second kappa shape index (κ2) is 7.44. The minimum absolute atomic E-state index is 0.189. The Hall–Kier alpha value is -3.41. The first-order valence-corrected chi connectivity index (χ1v) is 7.94. The van der Waals surface area contributed by atoms with E-state index in [1.807, 2.05) is 37.3 Å². The summed E-state index contributed by atoms with van der Waals surface area (Å²) >= 11 is 0. The first-order valence-electron chi connectivity index (χ1n) is 7.94. The van der Waals surface area contributed by atoms with E-state index in [0.29, 0.717) is 17.8 Å². The largest absolute Gasteiger partial charge is 0.508 e. The summed E-state index contributed by atoms with van der Waals surface area (Å²) in [5.74, 6) is -0.173. The van der Waals surface area contributed by atoms with Crippen LogP contribution in [0.3, 0.4) is 0 Å². The molecule has 0 saturated heterocycles. The second-order valence-corrected chi connectivity index (χ2v) is 5.43. The lowest BCUT2D eigenvalue weighted by atomic mass is 10.1. The first kappa shape index (κ1) is 16.4. The number of rotatable bonds is 5. The maximum atomic E-state index is 12.3. The molecule has 3 N–H and O–H groups in total. The average Bonchev–Trinajstić information content (AvgIpc) is 3.14. The highest BCUT2D eigenvalue weighted by molar-refractivity contribution is 6.02. The SMILES string of the molecule is CCC(=NNC(=O)c1cc(-c2ccccc2)n[nH]1)c1ccc(O)cc1. The molecule has 25 heavy (non-hydrogen) atoms. The molecule has 1 amide bonds. The van der Waals surface area contributed by atoms with Crippen molar-refractivity contribution in [2.24, 2.45) is 5.10 Å². The van der Waals surface area contributed by atoms with Gasteiger partial charge in [-0.2, -0.15) is 10.2 Å². The van der Waals surface area contributed by atoms with Crippen LogP contribution in [-0.4, -0.2) is 26.9 Å². The van der Waals surface area contributed by atoms with Crippen LogP contribution in [0.2, 0.25) is 0 Å². The molecule has 0 aliphatic rings. The third-order valence-corrected chi connectivity index (χ3v) is 3.72. The van der Waals surface area contributed by atoms with Crippen LogP contribution in [0.25, 0.3) is 11.3 Å². The average molecular weight is 334 g/mol. The summed E-state index contributed by atoms with van der Waals surface area (Å²) in [6.45, 7) is 1.95. The predicted molar refractivity (Wildman–Crippen MR) is 96.4 cm³/mol. The number of hydrogen-bond donors (Lipinski definition) is 3. The fourth-order valence-corrected chi connectivity index (χ4v) is 2.37. The van der Waals surface area contributed by atoms with Crippen molar-refractivity contribution in [2.75, 3.05) is 0 Å². The lowest BCUT2D eigenvalue weighted by Crippen LogP contribution is -2.20. The zero-order valence-electron chi connectivity index (χ0n) is 13.7. The number of nitrogens with zero attached hydrogens (tertiary/aromatic N) is 2. The maximum Gasteiger partial charge on any atom is 0.289 e. The molecule has 1 aromatic heterocycles. The van der Waals surface area contributed by atoms with Crippen LogP contribution >= 0.6 is 0 Å². The van der Waals surface area contributed by atoms with E-state index < -0.39 is 0 Å². The quantitative estimate of drug-likeness (QED) is 0.494. The van der Waals surface area contributed by atoms with Crippen LogP contribution in [0.4, 0.5) is 0 Å². The molecule has 126 valence electrons. The Morgan fingerprint density at radius 3 is 2.56 bits per heavy atom. The lowest BCUT2D eigenvalue weighted by molar-refractivity contribution is 0.0950. The fraction of sp³-hybridized carbons (Fsp3) is 0.105. The summed E-state index contributed by atoms with van der Waals surface area (Å²) in [7, 11) is 0. The number of aromatic nitrogens is 2. The number of H-pyrrole nitrogens is 1. The van der Waals surface area contributed by atoms with Crippen LogP contribution in [-0.2, 0) is 0 Å². The zero-order valence-corrected chi connectivity index (χ0v) is 13.7. The summed E-state index contributed by atoms with van der Waals surface area (Å²) in [5, 5.41) is 20.4. The fourth-order valence-electron chi connectivity index (χ4n) is 2.37. The Labute approximate surface area is 145 Å². The number of aromatic amines is 1. The Balaban J connectivity index is 1.73. The molecule has 0 atom stereocenters. The monoisotopic (exact) mass is 334 g/mol. The van der Waals surface area contributed by atoms with Gasteiger partial charge in [0.1, 0.15) is 11.4 Å². The number of aromatic hydroxyl groups is 1. The van der Waals surface area contributed by atoms with Crippen molar-refractivity contribution in [1.82, 2.24) is 15.6 Å². The van der Waals surface area contributed by atoms with Gasteiger partial charge in [0.2, 0.25) is 0 Å². The molecular formula is C19H18N4O2. The number of amides is 1. The molecular weight excluding hydrogens is 316 g/mol. The van der Waals surface area contributed by atoms with E-state index in [4.69, 9.17) is 0 Å². The molecule has 0 unspecified atom stereocenters. The van der Waals surface area contributed by atoms with Crippen LogP contribution in [0.5, 0.6) is 5.75 Å². The molecule has 0 bridgehead atoms. The topological polar surface area (TPSA) is 90.4 Å². The first-order chi connectivity index (χ1) is 12.2. The number of carbonyl (C=O) groups excluding carboxylic acids is 1. The van der Waals surface area contributed by atoms with Crippen LogP contribution in [0, 0.1) is 0 Å². The van der Waals surface area contributed by atoms with E-state index in [-0.39, 0.29) is 11.7 Å². The molecule has 0 aliphatic carbocycles. The van der Waals surface area contributed by atoms with Crippen molar-refractivity contribution in [2.45, 2.75) is 13.3 Å². The molecule has 3 aromatic rings. The van der Waals surface area contributed by atoms with Crippen molar-refractivity contribution in [1.29, 1.82) is 0 Å². The molecule has 0 aliphatic heterocycles. The Morgan fingerprint density at radius 2 is 1.88 bits per heavy atom. The Kier molecular flexibility index (Phi) is 4.89. The number of phenolic OH excluding ortho intramolecular Hbond substituents is 1. The number of benzene rings is 2. The number of nitrogens with one attached hydrogen (secondary N) is 2. The maximum absolute atomic E-state index is 12.3. The number of carbonyl (C=O) groups is 1. The molecule has 0 radical (unpaired) electrons. The number of hydrogen-bond acceptors (Lipinski definition) is 4. The van der Waals surface area contributed by atoms with Crippen LogP contribution < -0.4 is 5.43 Å². The van der Waals surface area contributed by atoms with Crippen molar-refractivity contribution in [3.63, 3.8) is 0 Å². The van der Waals surface area contributed by atoms with Crippen LogP contribution in [0.1, 0.15) is 29.4 Å². The summed E-state index contributed by atoms with van der Waals surface area (Å²) < 4.78 is 0. The van der Waals surface area contributed by atoms with Crippen LogP contribution in [0.15, 0.2) is 65.8 Å². The van der Waals surface area contributed by atoms with Gasteiger partial charge in [-0.1, -0.05) is 37.3 Å². The van der Waals surface area contributed by atoms with Gasteiger partial charge in [-0.05, 0) is 42.3 Å². The van der Waals surface area contributed by atoms with Crippen molar-refractivity contribution >= 4 is 11.6 Å². The van der Waals surface area contributed by atoms with E-state index in [2.05, 4.69) is 20.7 Å². The van der Waals surface area contributed by atoms with Gasteiger partial charge in [0.25, 0.3) is 5.91 Å². The summed E-state index contributed by atoms with van der Waals surface area (Å²) in [4.78, 5) is 12.3. The van der Waals surface area contributed by atoms with Gasteiger partial charge in [-0.3, -0.25) is 9.89 Å². The highest BCUT2D eigenvalue weighted by Gasteiger charge is 2.11. The number of phenols is 1. The van der Waals surface area contributed by atoms with Gasteiger partial charge in [-0.15, -0.1) is 0 Å². The highest BCUT2D eigenvalue weighted by Crippen LogP contribution is 2.17. The van der Waals surface area contributed by atoms with E-state index >= 15 is 0 Å². The van der Waals surface area contributed by atoms with Gasteiger partial charge in [0.15, 0.2) is 0 Å². The Bertz CT molecular complexity index is 883. The van der Waals surface area contributed by atoms with E-state index in [1.165, 1.54) is 0 Å². The molecule has 6 nitrogen and oxygen atoms in total. The Morgan fingerprint density at radius 1 is 1.16 bits per heavy atom. The normalized spacial score (nSPS) is 11.3. The molecule has 6 heteroatoms. The molecule has 0 fully saturated rings. The molecule has 1 heterocycles. The highest BCUT2D eigenvalue weighted by atomic mass is 16.3. The smallest absolute Gasteiger partial charge is 0.289 e. The third-order valence-electron chi connectivity index (χ3n) is 3.72. The molecule has 2 aromatic carbocycles. The number of hydrazone groups is 1. The van der Waals surface area contributed by atoms with Gasteiger partial charge < -0.3 is 5.11 Å². The van der Waals surface area contributed by atoms with E-state index in [9.17, 15) is 9.90 Å². The third kappa shape index (κ3) is 3.92. The minimum atomic E-state index is -0.362. The summed E-state index contributed by atoms with van der Waals surface area (Å²) in [5.41, 5.74) is 6.07. The molecule has 0 spiro atoms. The summed E-state index contributed by atoms with van der Waals surface area (Å²) in [6.07, 6.45) is 0.642. The van der Waals surface area contributed by atoms with Gasteiger partial charge >= 0.3 is 0 Å². The van der Waals surface area contributed by atoms with Gasteiger partial charge in [0.05, 0.1) is 11.4 Å². The van der Waals surface area contributed by atoms with E-state index in [0.717, 1.165) is 16.8 Å². The van der Waals surface area contributed by atoms with Crippen molar-refractivity contribution in [3.05, 3.63) is 71.9 Å². The lowest BCUT2D eigenvalue weighted by Gasteiger charge is -2.04. The van der Waals surface area contributed by atoms with E-state index in [1.54, 1.807) is 30.3 Å². The minimum Gasteiger partial charge on any atom is -0.508 e. The zero-order chi connectivity index (χ0) is 17.6. The van der Waals surface area contributed by atoms with Crippen molar-refractivity contribution in [3.8, 4) is 17.0 Å². The van der Waals surface area contributed by atoms with Gasteiger partial charge in [-0.25, -0.2) is 5.43 Å².